The number of fused-ring (bicyclic) bond motifs is 4. The minimum atomic E-state index is 1.03. The molecule has 6 rings (SSSR count). The van der Waals surface area contributed by atoms with Crippen LogP contribution in [0.15, 0.2) is 113 Å². The fourth-order valence-electron chi connectivity index (χ4n) is 4.67. The molecule has 158 valence electrons. The van der Waals surface area contributed by atoms with Crippen molar-refractivity contribution in [2.24, 2.45) is 0 Å². The summed E-state index contributed by atoms with van der Waals surface area (Å²) >= 11 is 1.86. The lowest BCUT2D eigenvalue weighted by Gasteiger charge is -2.18. The second kappa shape index (κ2) is 8.06. The fourth-order valence-corrected chi connectivity index (χ4v) is 5.89. The third kappa shape index (κ3) is 3.39. The molecule has 1 aromatic heterocycles. The summed E-state index contributed by atoms with van der Waals surface area (Å²) in [4.78, 5) is 7.42. The molecular weight excluding hydrogens is 418 g/mol. The summed E-state index contributed by atoms with van der Waals surface area (Å²) in [6, 6.07) is 34.8. The maximum Gasteiger partial charge on any atom is 0.0708 e. The molecule has 1 nitrogen and oxygen atoms in total. The molecule has 0 aliphatic rings. The smallest absolute Gasteiger partial charge is 0.0708 e. The molecule has 0 atom stereocenters. The van der Waals surface area contributed by atoms with Crippen LogP contribution in [0.4, 0.5) is 0 Å². The van der Waals surface area contributed by atoms with Crippen molar-refractivity contribution in [3.8, 4) is 11.1 Å². The monoisotopic (exact) mass is 441 g/mol. The Labute approximate surface area is 198 Å². The summed E-state index contributed by atoms with van der Waals surface area (Å²) in [5.74, 6) is 0. The van der Waals surface area contributed by atoms with Crippen molar-refractivity contribution in [2.75, 3.05) is 0 Å². The summed E-state index contributed by atoms with van der Waals surface area (Å²) < 4.78 is 0. The Bertz CT molecular complexity index is 1650. The normalized spacial score (nSPS) is 11.5. The average Bonchev–Trinajstić information content (AvgIpc) is 2.86. The van der Waals surface area contributed by atoms with Gasteiger partial charge in [-0.15, -0.1) is 0 Å². The van der Waals surface area contributed by atoms with Crippen LogP contribution < -0.4 is 0 Å². The highest BCUT2D eigenvalue weighted by Crippen LogP contribution is 2.47. The van der Waals surface area contributed by atoms with Crippen molar-refractivity contribution >= 4 is 44.2 Å². The standard InChI is InChI=1S/C31H23NS/c1-20-16-17-23(18-21(20)2)33-31-25-13-7-6-12-24(25)29(22-10-4-3-5-11-22)27-19-32-28-15-9-8-14-26(28)30(27)31/h3-19H,1-2H3. The molecule has 6 aromatic rings. The second-order valence-electron chi connectivity index (χ2n) is 8.53. The van der Waals surface area contributed by atoms with E-state index in [4.69, 9.17) is 4.98 Å². The van der Waals surface area contributed by atoms with Gasteiger partial charge in [0.2, 0.25) is 0 Å². The van der Waals surface area contributed by atoms with Gasteiger partial charge in [-0.1, -0.05) is 90.6 Å². The van der Waals surface area contributed by atoms with Crippen molar-refractivity contribution in [3.05, 3.63) is 114 Å². The van der Waals surface area contributed by atoms with Gasteiger partial charge in [0.05, 0.1) is 5.52 Å². The predicted octanol–water partition coefficient (Wildman–Crippen LogP) is 8.98. The van der Waals surface area contributed by atoms with E-state index in [0.717, 1.165) is 5.52 Å². The molecule has 0 aliphatic heterocycles. The van der Waals surface area contributed by atoms with Crippen LogP contribution in [0, 0.1) is 13.8 Å². The predicted molar refractivity (Wildman–Crippen MR) is 142 cm³/mol. The lowest BCUT2D eigenvalue weighted by molar-refractivity contribution is 1.28. The highest BCUT2D eigenvalue weighted by atomic mass is 32.2. The van der Waals surface area contributed by atoms with Gasteiger partial charge in [-0.3, -0.25) is 4.98 Å². The van der Waals surface area contributed by atoms with E-state index in [1.54, 1.807) is 0 Å². The Balaban J connectivity index is 1.78. The van der Waals surface area contributed by atoms with Crippen LogP contribution in [0.2, 0.25) is 0 Å². The first-order valence-electron chi connectivity index (χ1n) is 11.2. The quantitative estimate of drug-likeness (QED) is 0.201. The molecule has 0 bridgehead atoms. The molecule has 0 unspecified atom stereocenters. The highest BCUT2D eigenvalue weighted by molar-refractivity contribution is 7.99. The molecule has 0 amide bonds. The number of nitrogens with zero attached hydrogens (tertiary/aromatic N) is 1. The molecule has 1 heterocycles. The van der Waals surface area contributed by atoms with Crippen molar-refractivity contribution in [3.63, 3.8) is 0 Å². The van der Waals surface area contributed by atoms with E-state index < -0.39 is 0 Å². The molecule has 0 aliphatic carbocycles. The Kier molecular flexibility index (Phi) is 4.89. The highest BCUT2D eigenvalue weighted by Gasteiger charge is 2.18. The lowest BCUT2D eigenvalue weighted by Crippen LogP contribution is -1.92. The maximum atomic E-state index is 4.87. The lowest BCUT2D eigenvalue weighted by atomic mass is 9.91. The number of pyridine rings is 1. The first kappa shape index (κ1) is 20.0. The van der Waals surface area contributed by atoms with Crippen LogP contribution in [0.1, 0.15) is 11.1 Å². The molecule has 0 radical (unpaired) electrons. The fraction of sp³-hybridized carbons (Fsp3) is 0.0645. The first-order valence-corrected chi connectivity index (χ1v) is 12.0. The number of aromatic nitrogens is 1. The Morgan fingerprint density at radius 3 is 2.09 bits per heavy atom. The van der Waals surface area contributed by atoms with Crippen LogP contribution in [0.3, 0.4) is 0 Å². The number of benzene rings is 5. The van der Waals surface area contributed by atoms with Crippen LogP contribution >= 0.6 is 11.8 Å². The first-order chi connectivity index (χ1) is 16.2. The maximum absolute atomic E-state index is 4.87. The number of hydrogen-bond donors (Lipinski definition) is 0. The zero-order valence-corrected chi connectivity index (χ0v) is 19.5. The van der Waals surface area contributed by atoms with Gasteiger partial charge in [-0.2, -0.15) is 0 Å². The molecule has 0 fully saturated rings. The van der Waals surface area contributed by atoms with E-state index in [1.165, 1.54) is 59.0 Å². The van der Waals surface area contributed by atoms with Gasteiger partial charge in [-0.05, 0) is 65.1 Å². The van der Waals surface area contributed by atoms with Crippen molar-refractivity contribution in [1.29, 1.82) is 0 Å². The molecule has 0 saturated carbocycles. The van der Waals surface area contributed by atoms with Crippen LogP contribution in [-0.2, 0) is 0 Å². The third-order valence-electron chi connectivity index (χ3n) is 6.47. The van der Waals surface area contributed by atoms with E-state index in [-0.39, 0.29) is 0 Å². The Morgan fingerprint density at radius 1 is 0.606 bits per heavy atom. The summed E-state index contributed by atoms with van der Waals surface area (Å²) in [5.41, 5.74) is 6.15. The van der Waals surface area contributed by atoms with E-state index in [1.807, 2.05) is 11.8 Å². The zero-order chi connectivity index (χ0) is 22.4. The van der Waals surface area contributed by atoms with E-state index >= 15 is 0 Å². The average molecular weight is 442 g/mol. The van der Waals surface area contributed by atoms with Crippen LogP contribution in [0.25, 0.3) is 43.6 Å². The summed E-state index contributed by atoms with van der Waals surface area (Å²) in [7, 11) is 0. The number of rotatable bonds is 3. The van der Waals surface area contributed by atoms with Crippen LogP contribution in [-0.4, -0.2) is 4.98 Å². The largest absolute Gasteiger partial charge is 0.256 e. The van der Waals surface area contributed by atoms with Gasteiger partial charge in [0.15, 0.2) is 0 Å². The summed E-state index contributed by atoms with van der Waals surface area (Å²) in [6.45, 7) is 4.36. The number of hydrogen-bond acceptors (Lipinski definition) is 2. The van der Waals surface area contributed by atoms with E-state index in [2.05, 4.69) is 117 Å². The Morgan fingerprint density at radius 2 is 1.30 bits per heavy atom. The molecule has 0 saturated heterocycles. The second-order valence-corrected chi connectivity index (χ2v) is 9.61. The minimum absolute atomic E-state index is 1.03. The number of aryl methyl sites for hydroxylation is 2. The molecule has 2 heteroatoms. The van der Waals surface area contributed by atoms with Crippen LogP contribution in [0.5, 0.6) is 0 Å². The van der Waals surface area contributed by atoms with Gasteiger partial charge in [-0.25, -0.2) is 0 Å². The van der Waals surface area contributed by atoms with Gasteiger partial charge < -0.3 is 0 Å². The van der Waals surface area contributed by atoms with E-state index in [0.29, 0.717) is 0 Å². The van der Waals surface area contributed by atoms with Crippen molar-refractivity contribution in [1.82, 2.24) is 4.98 Å². The Hall–Kier alpha value is -3.62. The topological polar surface area (TPSA) is 12.9 Å². The molecule has 0 spiro atoms. The van der Waals surface area contributed by atoms with Gasteiger partial charge in [0, 0.05) is 32.1 Å². The SMILES string of the molecule is Cc1ccc(Sc2c3ccccc3c(-c3ccccc3)c3cnc4ccccc4c23)cc1C. The summed E-state index contributed by atoms with van der Waals surface area (Å²) in [6.07, 6.45) is 2.07. The number of para-hydroxylation sites is 1. The van der Waals surface area contributed by atoms with Crippen molar-refractivity contribution in [2.45, 2.75) is 23.6 Å². The summed E-state index contributed by atoms with van der Waals surface area (Å²) in [5, 5.41) is 6.22. The third-order valence-corrected chi connectivity index (χ3v) is 7.59. The van der Waals surface area contributed by atoms with Gasteiger partial charge in [0.25, 0.3) is 0 Å². The van der Waals surface area contributed by atoms with Gasteiger partial charge in [0.1, 0.15) is 0 Å². The minimum Gasteiger partial charge on any atom is -0.256 e. The molecule has 5 aromatic carbocycles. The van der Waals surface area contributed by atoms with Crippen molar-refractivity contribution < 1.29 is 0 Å². The molecule has 33 heavy (non-hydrogen) atoms. The zero-order valence-electron chi connectivity index (χ0n) is 18.7. The van der Waals surface area contributed by atoms with E-state index in [9.17, 15) is 0 Å². The molecule has 0 N–H and O–H groups in total. The molecular formula is C31H23NS. The van der Waals surface area contributed by atoms with Gasteiger partial charge >= 0.3 is 0 Å².